The summed E-state index contributed by atoms with van der Waals surface area (Å²) in [5.74, 6) is 0.812. The molecule has 0 saturated heterocycles. The van der Waals surface area contributed by atoms with Crippen molar-refractivity contribution in [2.24, 2.45) is 0 Å². The molecule has 1 heterocycles. The van der Waals surface area contributed by atoms with E-state index in [9.17, 15) is 0 Å². The summed E-state index contributed by atoms with van der Waals surface area (Å²) in [6.07, 6.45) is 2.50. The van der Waals surface area contributed by atoms with E-state index in [1.807, 2.05) is 13.0 Å². The molecule has 0 aliphatic heterocycles. The van der Waals surface area contributed by atoms with Crippen LogP contribution in [0.25, 0.3) is 0 Å². The van der Waals surface area contributed by atoms with E-state index in [0.29, 0.717) is 5.15 Å². The normalized spacial score (nSPS) is 10.3. The van der Waals surface area contributed by atoms with Crippen LogP contribution < -0.4 is 10.2 Å². The molecule has 20 heavy (non-hydrogen) atoms. The largest absolute Gasteiger partial charge is 0.375 e. The average Bonchev–Trinajstić information content (AvgIpc) is 2.48. The molecule has 0 saturated carbocycles. The molecule has 5 heteroatoms. The van der Waals surface area contributed by atoms with Crippen molar-refractivity contribution in [3.8, 4) is 0 Å². The van der Waals surface area contributed by atoms with Crippen molar-refractivity contribution in [2.45, 2.75) is 13.3 Å². The van der Waals surface area contributed by atoms with Gasteiger partial charge in [-0.15, -0.1) is 0 Å². The van der Waals surface area contributed by atoms with Gasteiger partial charge in [-0.3, -0.25) is 0 Å². The van der Waals surface area contributed by atoms with Gasteiger partial charge in [0.05, 0.1) is 0 Å². The highest BCUT2D eigenvalue weighted by atomic mass is 35.5. The Morgan fingerprint density at radius 3 is 2.70 bits per heavy atom. The molecule has 0 atom stereocenters. The van der Waals surface area contributed by atoms with Gasteiger partial charge in [-0.05, 0) is 25.5 Å². The lowest BCUT2D eigenvalue weighted by atomic mass is 10.3. The molecule has 1 aromatic carbocycles. The van der Waals surface area contributed by atoms with Crippen molar-refractivity contribution in [2.75, 3.05) is 30.4 Å². The number of rotatable bonds is 6. The third-order valence-corrected chi connectivity index (χ3v) is 3.56. The highest BCUT2D eigenvalue weighted by Crippen LogP contribution is 2.17. The zero-order valence-electron chi connectivity index (χ0n) is 11.8. The molecule has 0 unspecified atom stereocenters. The van der Waals surface area contributed by atoms with Crippen molar-refractivity contribution in [1.29, 1.82) is 0 Å². The molecule has 1 N–H and O–H groups in total. The van der Waals surface area contributed by atoms with E-state index >= 15 is 0 Å². The molecule has 0 bridgehead atoms. The van der Waals surface area contributed by atoms with Gasteiger partial charge >= 0.3 is 0 Å². The number of benzene rings is 1. The first-order valence-electron chi connectivity index (χ1n) is 6.65. The van der Waals surface area contributed by atoms with Crippen molar-refractivity contribution < 1.29 is 0 Å². The quantitative estimate of drug-likeness (QED) is 0.654. The minimum Gasteiger partial charge on any atom is -0.375 e. The standard InChI is InChI=1S/C15H19ClN4/c1-12-14(16)18-11-19-15(12)17-9-6-10-20(2)13-7-4-3-5-8-13/h3-5,7-8,11H,6,9-10H2,1-2H3,(H,17,18,19). The van der Waals surface area contributed by atoms with E-state index < -0.39 is 0 Å². The van der Waals surface area contributed by atoms with Gasteiger partial charge in [-0.25, -0.2) is 9.97 Å². The van der Waals surface area contributed by atoms with Gasteiger partial charge in [0.25, 0.3) is 0 Å². The van der Waals surface area contributed by atoms with Crippen LogP contribution in [0.5, 0.6) is 0 Å². The number of halogens is 1. The summed E-state index contributed by atoms with van der Waals surface area (Å²) in [4.78, 5) is 10.4. The fourth-order valence-electron chi connectivity index (χ4n) is 1.94. The molecule has 1 aromatic heterocycles. The molecule has 0 amide bonds. The molecule has 0 aliphatic rings. The van der Waals surface area contributed by atoms with Crippen LogP contribution in [-0.2, 0) is 0 Å². The molecule has 2 rings (SSSR count). The predicted molar refractivity (Wildman–Crippen MR) is 84.6 cm³/mol. The van der Waals surface area contributed by atoms with E-state index in [4.69, 9.17) is 11.6 Å². The Hall–Kier alpha value is -1.81. The topological polar surface area (TPSA) is 41.1 Å². The summed E-state index contributed by atoms with van der Waals surface area (Å²) >= 11 is 5.96. The second-order valence-electron chi connectivity index (χ2n) is 4.68. The van der Waals surface area contributed by atoms with Crippen LogP contribution in [0.15, 0.2) is 36.7 Å². The number of hydrogen-bond acceptors (Lipinski definition) is 4. The molecule has 4 nitrogen and oxygen atoms in total. The Labute approximate surface area is 124 Å². The first-order valence-corrected chi connectivity index (χ1v) is 7.03. The maximum absolute atomic E-state index is 5.96. The van der Waals surface area contributed by atoms with Crippen LogP contribution >= 0.6 is 11.6 Å². The van der Waals surface area contributed by atoms with E-state index in [1.54, 1.807) is 0 Å². The smallest absolute Gasteiger partial charge is 0.137 e. The summed E-state index contributed by atoms with van der Waals surface area (Å²) in [7, 11) is 2.10. The van der Waals surface area contributed by atoms with E-state index in [0.717, 1.165) is 30.9 Å². The zero-order chi connectivity index (χ0) is 14.4. The van der Waals surface area contributed by atoms with Crippen LogP contribution in [0.1, 0.15) is 12.0 Å². The second kappa shape index (κ2) is 7.10. The van der Waals surface area contributed by atoms with Gasteiger partial charge < -0.3 is 10.2 Å². The number of anilines is 2. The van der Waals surface area contributed by atoms with Crippen LogP contribution in [0, 0.1) is 6.92 Å². The summed E-state index contributed by atoms with van der Waals surface area (Å²) in [5.41, 5.74) is 2.12. The lowest BCUT2D eigenvalue weighted by molar-refractivity contribution is 0.813. The first kappa shape index (κ1) is 14.6. The van der Waals surface area contributed by atoms with Gasteiger partial charge in [-0.1, -0.05) is 29.8 Å². The van der Waals surface area contributed by atoms with Gasteiger partial charge in [0, 0.05) is 31.4 Å². The molecular weight excluding hydrogens is 272 g/mol. The maximum atomic E-state index is 5.96. The Balaban J connectivity index is 1.78. The Bertz CT molecular complexity index is 545. The number of aromatic nitrogens is 2. The van der Waals surface area contributed by atoms with Gasteiger partial charge in [-0.2, -0.15) is 0 Å². The van der Waals surface area contributed by atoms with E-state index in [2.05, 4.69) is 51.5 Å². The Morgan fingerprint density at radius 2 is 1.95 bits per heavy atom. The van der Waals surface area contributed by atoms with E-state index in [-0.39, 0.29) is 0 Å². The lowest BCUT2D eigenvalue weighted by Crippen LogP contribution is -2.21. The molecular formula is C15H19ClN4. The number of nitrogens with one attached hydrogen (secondary N) is 1. The SMILES string of the molecule is Cc1c(Cl)ncnc1NCCCN(C)c1ccccc1. The third kappa shape index (κ3) is 3.84. The highest BCUT2D eigenvalue weighted by molar-refractivity contribution is 6.30. The van der Waals surface area contributed by atoms with Crippen molar-refractivity contribution in [3.63, 3.8) is 0 Å². The zero-order valence-corrected chi connectivity index (χ0v) is 12.6. The maximum Gasteiger partial charge on any atom is 0.137 e. The third-order valence-electron chi connectivity index (χ3n) is 3.18. The van der Waals surface area contributed by atoms with Crippen LogP contribution in [0.2, 0.25) is 5.15 Å². The van der Waals surface area contributed by atoms with Gasteiger partial charge in [0.1, 0.15) is 17.3 Å². The summed E-state index contributed by atoms with van der Waals surface area (Å²) in [6.45, 7) is 3.75. The number of hydrogen-bond donors (Lipinski definition) is 1. The fraction of sp³-hybridized carbons (Fsp3) is 0.333. The summed E-state index contributed by atoms with van der Waals surface area (Å²) in [6, 6.07) is 10.4. The minimum atomic E-state index is 0.504. The summed E-state index contributed by atoms with van der Waals surface area (Å²) < 4.78 is 0. The predicted octanol–water partition coefficient (Wildman–Crippen LogP) is 3.38. The van der Waals surface area contributed by atoms with Crippen LogP contribution in [0.3, 0.4) is 0 Å². The van der Waals surface area contributed by atoms with Gasteiger partial charge in [0.15, 0.2) is 0 Å². The molecule has 2 aromatic rings. The molecule has 0 aliphatic carbocycles. The fourth-order valence-corrected chi connectivity index (χ4v) is 2.07. The molecule has 106 valence electrons. The first-order chi connectivity index (χ1) is 9.68. The Kier molecular flexibility index (Phi) is 5.18. The van der Waals surface area contributed by atoms with Crippen molar-refractivity contribution in [3.05, 3.63) is 47.4 Å². The monoisotopic (exact) mass is 290 g/mol. The van der Waals surface area contributed by atoms with Crippen molar-refractivity contribution in [1.82, 2.24) is 9.97 Å². The minimum absolute atomic E-state index is 0.504. The lowest BCUT2D eigenvalue weighted by Gasteiger charge is -2.19. The second-order valence-corrected chi connectivity index (χ2v) is 5.03. The van der Waals surface area contributed by atoms with Crippen molar-refractivity contribution >= 4 is 23.1 Å². The number of nitrogens with zero attached hydrogens (tertiary/aromatic N) is 3. The Morgan fingerprint density at radius 1 is 1.20 bits per heavy atom. The highest BCUT2D eigenvalue weighted by Gasteiger charge is 2.04. The summed E-state index contributed by atoms with van der Waals surface area (Å²) in [5, 5.41) is 3.80. The van der Waals surface area contributed by atoms with Crippen LogP contribution in [-0.4, -0.2) is 30.1 Å². The van der Waals surface area contributed by atoms with Gasteiger partial charge in [0.2, 0.25) is 0 Å². The average molecular weight is 291 g/mol. The molecule has 0 spiro atoms. The molecule has 0 fully saturated rings. The van der Waals surface area contributed by atoms with Crippen LogP contribution in [0.4, 0.5) is 11.5 Å². The van der Waals surface area contributed by atoms with E-state index in [1.165, 1.54) is 12.0 Å². The number of para-hydroxylation sites is 1. The molecule has 0 radical (unpaired) electrons.